The minimum Gasteiger partial charge on any atom is -0.320 e. The van der Waals surface area contributed by atoms with Crippen molar-refractivity contribution in [1.29, 1.82) is 0 Å². The number of imidazole rings is 1. The number of hydrogen-bond acceptors (Lipinski definition) is 5. The molecule has 1 aliphatic carbocycles. The fraction of sp³-hybridized carbons (Fsp3) is 0.250. The van der Waals surface area contributed by atoms with Crippen LogP contribution in [-0.4, -0.2) is 41.4 Å². The van der Waals surface area contributed by atoms with E-state index in [4.69, 9.17) is 0 Å². The predicted molar refractivity (Wildman–Crippen MR) is 104 cm³/mol. The zero-order chi connectivity index (χ0) is 20.9. The summed E-state index contributed by atoms with van der Waals surface area (Å²) in [7, 11) is 0. The number of pyridine rings is 1. The molecule has 0 spiro atoms. The van der Waals surface area contributed by atoms with Crippen molar-refractivity contribution in [3.05, 3.63) is 60.0 Å². The molecule has 5 rings (SSSR count). The Kier molecular flexibility index (Phi) is 4.09. The number of nitrogens with zero attached hydrogens (tertiary/aromatic N) is 6. The second-order valence-electron chi connectivity index (χ2n) is 7.41. The van der Waals surface area contributed by atoms with E-state index >= 15 is 0 Å². The largest absolute Gasteiger partial charge is 0.320 e. The van der Waals surface area contributed by atoms with Crippen LogP contribution in [-0.2, 0) is 0 Å². The Bertz CT molecular complexity index is 1260. The van der Waals surface area contributed by atoms with E-state index in [1.165, 1.54) is 11.0 Å². The van der Waals surface area contributed by atoms with Gasteiger partial charge in [-0.25, -0.2) is 13.8 Å². The highest BCUT2D eigenvalue weighted by molar-refractivity contribution is 6.04. The van der Waals surface area contributed by atoms with Gasteiger partial charge in [-0.15, -0.1) is 10.2 Å². The van der Waals surface area contributed by atoms with Crippen LogP contribution in [0.15, 0.2) is 48.8 Å². The van der Waals surface area contributed by atoms with Gasteiger partial charge in [-0.05, 0) is 35.9 Å². The van der Waals surface area contributed by atoms with Crippen molar-refractivity contribution >= 4 is 17.2 Å². The summed E-state index contributed by atoms with van der Waals surface area (Å²) in [5, 5.41) is 15.0. The number of tetrazole rings is 1. The fourth-order valence-electron chi connectivity index (χ4n) is 3.47. The molecule has 0 aliphatic heterocycles. The summed E-state index contributed by atoms with van der Waals surface area (Å²) in [6.07, 6.45) is 2.73. The van der Waals surface area contributed by atoms with Gasteiger partial charge in [-0.2, -0.15) is 4.80 Å². The van der Waals surface area contributed by atoms with Gasteiger partial charge in [-0.3, -0.25) is 9.20 Å². The number of benzene rings is 1. The Hall–Kier alpha value is -3.69. The standard InChI is InChI=1S/C20H17F2N7O/c1-12-5-6-13(18-25-27-29(26-18)14-9-20(21,22)10-14)8-15(12)24-19(30)16-11-23-17-4-2-3-7-28(16)17/h2-8,11,14H,9-10H2,1H3,(H,24,30). The first-order valence-electron chi connectivity index (χ1n) is 9.41. The second-order valence-corrected chi connectivity index (χ2v) is 7.41. The average Bonchev–Trinajstić information content (AvgIpc) is 3.35. The lowest BCUT2D eigenvalue weighted by atomic mass is 9.89. The SMILES string of the molecule is Cc1ccc(-c2nnn(C3CC(F)(F)C3)n2)cc1NC(=O)c1cnc2ccccn12. The van der Waals surface area contributed by atoms with Gasteiger partial charge in [0, 0.05) is 30.3 Å². The molecule has 1 saturated carbocycles. The van der Waals surface area contributed by atoms with Gasteiger partial charge in [-0.1, -0.05) is 18.2 Å². The monoisotopic (exact) mass is 409 g/mol. The zero-order valence-electron chi connectivity index (χ0n) is 16.0. The molecule has 152 valence electrons. The topological polar surface area (TPSA) is 90.0 Å². The van der Waals surface area contributed by atoms with Gasteiger partial charge < -0.3 is 5.32 Å². The second kappa shape index (κ2) is 6.68. The Labute approximate surface area is 169 Å². The summed E-state index contributed by atoms with van der Waals surface area (Å²) >= 11 is 0. The highest BCUT2D eigenvalue weighted by Crippen LogP contribution is 2.44. The summed E-state index contributed by atoms with van der Waals surface area (Å²) in [6, 6.07) is 10.4. The van der Waals surface area contributed by atoms with Crippen LogP contribution >= 0.6 is 0 Å². The summed E-state index contributed by atoms with van der Waals surface area (Å²) in [5.41, 5.74) is 3.16. The Morgan fingerprint density at radius 2 is 2.07 bits per heavy atom. The van der Waals surface area contributed by atoms with E-state index in [0.717, 1.165) is 5.56 Å². The molecular formula is C20H17F2N7O. The van der Waals surface area contributed by atoms with Crippen LogP contribution in [0.25, 0.3) is 17.0 Å². The highest BCUT2D eigenvalue weighted by atomic mass is 19.3. The molecule has 1 fully saturated rings. The Balaban J connectivity index is 1.39. The Morgan fingerprint density at radius 3 is 2.87 bits per heavy atom. The minimum atomic E-state index is -2.66. The third-order valence-electron chi connectivity index (χ3n) is 5.22. The molecular weight excluding hydrogens is 392 g/mol. The molecule has 10 heteroatoms. The summed E-state index contributed by atoms with van der Waals surface area (Å²) in [4.78, 5) is 18.3. The van der Waals surface area contributed by atoms with Crippen molar-refractivity contribution in [3.8, 4) is 11.4 Å². The molecule has 0 atom stereocenters. The average molecular weight is 409 g/mol. The number of aromatic nitrogens is 6. The molecule has 1 aromatic carbocycles. The number of nitrogens with one attached hydrogen (secondary N) is 1. The summed E-state index contributed by atoms with van der Waals surface area (Å²) in [6.45, 7) is 1.87. The van der Waals surface area contributed by atoms with Crippen LogP contribution in [0.1, 0.15) is 34.9 Å². The first-order valence-corrected chi connectivity index (χ1v) is 9.41. The zero-order valence-corrected chi connectivity index (χ0v) is 16.0. The quantitative estimate of drug-likeness (QED) is 0.557. The van der Waals surface area contributed by atoms with E-state index < -0.39 is 12.0 Å². The number of carbonyl (C=O) groups is 1. The predicted octanol–water partition coefficient (Wildman–Crippen LogP) is 3.52. The van der Waals surface area contributed by atoms with Gasteiger partial charge >= 0.3 is 0 Å². The molecule has 30 heavy (non-hydrogen) atoms. The van der Waals surface area contributed by atoms with Gasteiger partial charge in [0.2, 0.25) is 5.82 Å². The molecule has 4 aromatic rings. The maximum atomic E-state index is 13.1. The van der Waals surface area contributed by atoms with Crippen LogP contribution in [0.3, 0.4) is 0 Å². The number of alkyl halides is 2. The number of amides is 1. The Morgan fingerprint density at radius 1 is 1.23 bits per heavy atom. The molecule has 8 nitrogen and oxygen atoms in total. The molecule has 1 N–H and O–H groups in total. The number of fused-ring (bicyclic) bond motifs is 1. The van der Waals surface area contributed by atoms with E-state index in [1.54, 1.807) is 22.7 Å². The van der Waals surface area contributed by atoms with E-state index in [-0.39, 0.29) is 18.7 Å². The van der Waals surface area contributed by atoms with Crippen molar-refractivity contribution in [2.45, 2.75) is 31.7 Å². The molecule has 1 aliphatic rings. The summed E-state index contributed by atoms with van der Waals surface area (Å²) < 4.78 is 27.9. The normalized spacial score (nSPS) is 15.8. The van der Waals surface area contributed by atoms with Crippen molar-refractivity contribution in [1.82, 2.24) is 29.6 Å². The van der Waals surface area contributed by atoms with Crippen LogP contribution in [0.2, 0.25) is 0 Å². The van der Waals surface area contributed by atoms with Crippen LogP contribution in [0.4, 0.5) is 14.5 Å². The number of aryl methyl sites for hydroxylation is 1. The van der Waals surface area contributed by atoms with E-state index in [9.17, 15) is 13.6 Å². The van der Waals surface area contributed by atoms with Gasteiger partial charge in [0.05, 0.1) is 12.2 Å². The molecule has 0 saturated heterocycles. The van der Waals surface area contributed by atoms with Crippen molar-refractivity contribution in [2.24, 2.45) is 0 Å². The molecule has 0 radical (unpaired) electrons. The van der Waals surface area contributed by atoms with Crippen LogP contribution in [0, 0.1) is 6.92 Å². The lowest BCUT2D eigenvalue weighted by Crippen LogP contribution is -2.38. The highest BCUT2D eigenvalue weighted by Gasteiger charge is 2.47. The maximum absolute atomic E-state index is 13.1. The first-order chi connectivity index (χ1) is 14.4. The smallest absolute Gasteiger partial charge is 0.274 e. The van der Waals surface area contributed by atoms with Gasteiger partial charge in [0.1, 0.15) is 11.3 Å². The molecule has 0 bridgehead atoms. The summed E-state index contributed by atoms with van der Waals surface area (Å²) in [5.74, 6) is -2.64. The number of halogens is 2. The van der Waals surface area contributed by atoms with Crippen molar-refractivity contribution in [2.75, 3.05) is 5.32 Å². The van der Waals surface area contributed by atoms with Crippen LogP contribution < -0.4 is 5.32 Å². The van der Waals surface area contributed by atoms with Gasteiger partial charge in [0.25, 0.3) is 11.8 Å². The molecule has 0 unspecified atom stereocenters. The molecule has 3 heterocycles. The molecule has 3 aromatic heterocycles. The van der Waals surface area contributed by atoms with Crippen molar-refractivity contribution in [3.63, 3.8) is 0 Å². The first kappa shape index (κ1) is 18.3. The lowest BCUT2D eigenvalue weighted by Gasteiger charge is -2.33. The third-order valence-corrected chi connectivity index (χ3v) is 5.22. The fourth-order valence-corrected chi connectivity index (χ4v) is 3.47. The van der Waals surface area contributed by atoms with E-state index in [1.807, 2.05) is 31.2 Å². The van der Waals surface area contributed by atoms with E-state index in [0.29, 0.717) is 28.4 Å². The number of carbonyl (C=O) groups excluding carboxylic acids is 1. The maximum Gasteiger partial charge on any atom is 0.274 e. The van der Waals surface area contributed by atoms with E-state index in [2.05, 4.69) is 25.7 Å². The van der Waals surface area contributed by atoms with Crippen LogP contribution in [0.5, 0.6) is 0 Å². The third kappa shape index (κ3) is 3.19. The number of hydrogen-bond donors (Lipinski definition) is 1. The van der Waals surface area contributed by atoms with Gasteiger partial charge in [0.15, 0.2) is 0 Å². The van der Waals surface area contributed by atoms with Crippen molar-refractivity contribution < 1.29 is 13.6 Å². The lowest BCUT2D eigenvalue weighted by molar-refractivity contribution is -0.110. The number of rotatable bonds is 4. The number of anilines is 1. The minimum absolute atomic E-state index is 0.280. The molecule has 1 amide bonds.